The summed E-state index contributed by atoms with van der Waals surface area (Å²) in [6.45, 7) is 8.31. The number of nitrogens with one attached hydrogen (secondary N) is 1. The monoisotopic (exact) mass is 441 g/mol. The number of amides is 2. The molecule has 0 unspecified atom stereocenters. The number of hydrogen-bond acceptors (Lipinski definition) is 3. The summed E-state index contributed by atoms with van der Waals surface area (Å²) in [4.78, 5) is 29.3. The molecule has 0 aromatic heterocycles. The van der Waals surface area contributed by atoms with Crippen LogP contribution in [0.1, 0.15) is 26.2 Å². The van der Waals surface area contributed by atoms with Crippen molar-refractivity contribution >= 4 is 17.5 Å². The highest BCUT2D eigenvalue weighted by atomic mass is 16.2. The summed E-state index contributed by atoms with van der Waals surface area (Å²) in [7, 11) is 0. The highest BCUT2D eigenvalue weighted by molar-refractivity contribution is 5.97. The predicted molar refractivity (Wildman–Crippen MR) is 133 cm³/mol. The minimum Gasteiger partial charge on any atom is -0.359 e. The van der Waals surface area contributed by atoms with Crippen molar-refractivity contribution in [3.05, 3.63) is 90.2 Å². The van der Waals surface area contributed by atoms with E-state index in [0.29, 0.717) is 31.9 Å². The van der Waals surface area contributed by atoms with E-state index in [1.54, 1.807) is 0 Å². The number of piperazine rings is 1. The summed E-state index contributed by atoms with van der Waals surface area (Å²) < 4.78 is 0. The van der Waals surface area contributed by atoms with Crippen LogP contribution in [0.3, 0.4) is 0 Å². The first-order valence-electron chi connectivity index (χ1n) is 11.5. The molecule has 1 saturated heterocycles. The van der Waals surface area contributed by atoms with E-state index < -0.39 is 0 Å². The topological polar surface area (TPSA) is 52.7 Å². The van der Waals surface area contributed by atoms with Crippen molar-refractivity contribution in [3.63, 3.8) is 0 Å². The molecule has 1 fully saturated rings. The first-order chi connectivity index (χ1) is 16.0. The molecule has 170 valence electrons. The molecular weight excluding hydrogens is 410 g/mol. The van der Waals surface area contributed by atoms with E-state index in [2.05, 4.69) is 42.2 Å². The lowest BCUT2D eigenvalue weighted by atomic mass is 9.98. The van der Waals surface area contributed by atoms with Crippen LogP contribution in [0, 0.1) is 0 Å². The smallest absolute Gasteiger partial charge is 0.253 e. The zero-order valence-electron chi connectivity index (χ0n) is 19.2. The summed E-state index contributed by atoms with van der Waals surface area (Å²) in [5.74, 6) is 0.119. The van der Waals surface area contributed by atoms with Gasteiger partial charge in [0.1, 0.15) is 0 Å². The molecule has 5 nitrogen and oxygen atoms in total. The van der Waals surface area contributed by atoms with Crippen molar-refractivity contribution < 1.29 is 9.59 Å². The van der Waals surface area contributed by atoms with Crippen LogP contribution < -0.4 is 5.32 Å². The molecule has 0 radical (unpaired) electrons. The minimum atomic E-state index is 0.0356. The van der Waals surface area contributed by atoms with Crippen LogP contribution in [-0.2, 0) is 9.59 Å². The van der Waals surface area contributed by atoms with E-state index in [9.17, 15) is 9.59 Å². The molecule has 4 rings (SSSR count). The number of nitrogens with zero attached hydrogens (tertiary/aromatic N) is 2. The van der Waals surface area contributed by atoms with Gasteiger partial charge in [-0.3, -0.25) is 9.59 Å². The van der Waals surface area contributed by atoms with Crippen LogP contribution in [0.5, 0.6) is 0 Å². The van der Waals surface area contributed by atoms with E-state index in [1.807, 2.05) is 53.1 Å². The van der Waals surface area contributed by atoms with Gasteiger partial charge in [-0.1, -0.05) is 66.8 Å². The lowest BCUT2D eigenvalue weighted by Crippen LogP contribution is -2.51. The van der Waals surface area contributed by atoms with Crippen LogP contribution in [0.15, 0.2) is 90.2 Å². The van der Waals surface area contributed by atoms with Crippen molar-refractivity contribution in [2.75, 3.05) is 31.5 Å². The highest BCUT2D eigenvalue weighted by Crippen LogP contribution is 2.23. The molecule has 1 heterocycles. The molecule has 2 amide bonds. The molecule has 0 saturated carbocycles. The largest absolute Gasteiger partial charge is 0.359 e. The Kier molecular flexibility index (Phi) is 7.08. The molecule has 2 aromatic carbocycles. The van der Waals surface area contributed by atoms with Gasteiger partial charge in [0.2, 0.25) is 5.91 Å². The summed E-state index contributed by atoms with van der Waals surface area (Å²) in [5, 5.41) is 3.25. The minimum absolute atomic E-state index is 0.0356. The predicted octanol–water partition coefficient (Wildman–Crippen LogP) is 5.01. The van der Waals surface area contributed by atoms with E-state index >= 15 is 0 Å². The molecule has 0 spiro atoms. The van der Waals surface area contributed by atoms with Crippen LogP contribution in [0.25, 0.3) is 11.1 Å². The van der Waals surface area contributed by atoms with Gasteiger partial charge in [-0.2, -0.15) is 0 Å². The van der Waals surface area contributed by atoms with Crippen molar-refractivity contribution in [3.8, 4) is 11.1 Å². The zero-order valence-corrected chi connectivity index (χ0v) is 19.2. The highest BCUT2D eigenvalue weighted by Gasteiger charge is 2.26. The van der Waals surface area contributed by atoms with Gasteiger partial charge in [0.25, 0.3) is 5.91 Å². The SMILES string of the molecule is C=C(CC(=O)N1CCN(C(=O)C2=C(C)CCC=C2)CC1)Nc1ccc(-c2ccccc2)cc1. The number of benzene rings is 2. The maximum absolute atomic E-state index is 12.8. The fourth-order valence-corrected chi connectivity index (χ4v) is 4.28. The molecular formula is C28H31N3O2. The van der Waals surface area contributed by atoms with Gasteiger partial charge in [-0.15, -0.1) is 0 Å². The standard InChI is InChI=1S/C28H31N3O2/c1-21-8-6-7-11-26(21)28(33)31-18-16-30(17-19-31)27(32)20-22(2)29-25-14-12-24(13-15-25)23-9-4-3-5-10-23/h3-5,7,9-15,29H,2,6,8,16-20H2,1H3. The number of carbonyl (C=O) groups is 2. The van der Waals surface area contributed by atoms with Gasteiger partial charge in [0, 0.05) is 43.1 Å². The summed E-state index contributed by atoms with van der Waals surface area (Å²) >= 11 is 0. The summed E-state index contributed by atoms with van der Waals surface area (Å²) in [6.07, 6.45) is 6.19. The third-order valence-corrected chi connectivity index (χ3v) is 6.26. The Hall–Kier alpha value is -3.60. The Balaban J connectivity index is 1.25. The molecule has 33 heavy (non-hydrogen) atoms. The van der Waals surface area contributed by atoms with Crippen molar-refractivity contribution in [2.45, 2.75) is 26.2 Å². The van der Waals surface area contributed by atoms with E-state index in [0.717, 1.165) is 35.2 Å². The molecule has 1 aliphatic heterocycles. The Labute approximate surface area is 196 Å². The quantitative estimate of drug-likeness (QED) is 0.686. The van der Waals surface area contributed by atoms with Crippen LogP contribution >= 0.6 is 0 Å². The second kappa shape index (κ2) is 10.3. The van der Waals surface area contributed by atoms with Gasteiger partial charge in [-0.05, 0) is 43.0 Å². The average molecular weight is 442 g/mol. The molecule has 0 bridgehead atoms. The number of anilines is 1. The fraction of sp³-hybridized carbons (Fsp3) is 0.286. The van der Waals surface area contributed by atoms with Crippen LogP contribution in [-0.4, -0.2) is 47.8 Å². The maximum Gasteiger partial charge on any atom is 0.253 e. The first-order valence-corrected chi connectivity index (χ1v) is 11.5. The Bertz CT molecular complexity index is 1080. The molecule has 2 aliphatic rings. The summed E-state index contributed by atoms with van der Waals surface area (Å²) in [6, 6.07) is 18.3. The third-order valence-electron chi connectivity index (χ3n) is 6.26. The van der Waals surface area contributed by atoms with Gasteiger partial charge in [0.05, 0.1) is 6.42 Å². The number of rotatable bonds is 6. The molecule has 1 N–H and O–H groups in total. The second-order valence-corrected chi connectivity index (χ2v) is 8.66. The number of carbonyl (C=O) groups excluding carboxylic acids is 2. The normalized spacial score (nSPS) is 16.0. The van der Waals surface area contributed by atoms with E-state index in [-0.39, 0.29) is 18.2 Å². The lowest BCUT2D eigenvalue weighted by molar-refractivity contribution is -0.137. The van der Waals surface area contributed by atoms with Gasteiger partial charge in [0.15, 0.2) is 0 Å². The lowest BCUT2D eigenvalue weighted by Gasteiger charge is -2.35. The van der Waals surface area contributed by atoms with Crippen molar-refractivity contribution in [1.82, 2.24) is 9.80 Å². The molecule has 5 heteroatoms. The van der Waals surface area contributed by atoms with Gasteiger partial charge >= 0.3 is 0 Å². The third kappa shape index (κ3) is 5.61. The zero-order chi connectivity index (χ0) is 23.2. The summed E-state index contributed by atoms with van der Waals surface area (Å²) in [5.41, 5.74) is 5.86. The van der Waals surface area contributed by atoms with Gasteiger partial charge < -0.3 is 15.1 Å². The van der Waals surface area contributed by atoms with Crippen molar-refractivity contribution in [2.24, 2.45) is 0 Å². The molecule has 1 aliphatic carbocycles. The van der Waals surface area contributed by atoms with Crippen LogP contribution in [0.2, 0.25) is 0 Å². The number of allylic oxidation sites excluding steroid dienone is 2. The second-order valence-electron chi connectivity index (χ2n) is 8.66. The van der Waals surface area contributed by atoms with Gasteiger partial charge in [-0.25, -0.2) is 0 Å². The fourth-order valence-electron chi connectivity index (χ4n) is 4.28. The molecule has 2 aromatic rings. The number of hydrogen-bond donors (Lipinski definition) is 1. The van der Waals surface area contributed by atoms with E-state index in [4.69, 9.17) is 0 Å². The van der Waals surface area contributed by atoms with Crippen molar-refractivity contribution in [1.29, 1.82) is 0 Å². The first kappa shape index (κ1) is 22.6. The average Bonchev–Trinajstić information content (AvgIpc) is 2.85. The van der Waals surface area contributed by atoms with Crippen LogP contribution in [0.4, 0.5) is 5.69 Å². The molecule has 0 atom stereocenters. The Morgan fingerprint density at radius 2 is 1.55 bits per heavy atom. The maximum atomic E-state index is 12.8. The Morgan fingerprint density at radius 3 is 2.21 bits per heavy atom. The Morgan fingerprint density at radius 1 is 0.909 bits per heavy atom. The van der Waals surface area contributed by atoms with E-state index in [1.165, 1.54) is 5.56 Å².